The van der Waals surface area contributed by atoms with E-state index in [9.17, 15) is 27.6 Å². The fourth-order valence-electron chi connectivity index (χ4n) is 5.73. The van der Waals surface area contributed by atoms with Crippen molar-refractivity contribution in [3.05, 3.63) is 71.3 Å². The maximum Gasteiger partial charge on any atom is 0.389 e. The predicted octanol–water partition coefficient (Wildman–Crippen LogP) is 8.53. The lowest BCUT2D eigenvalue weighted by atomic mass is 9.74. The molecule has 0 aromatic heterocycles. The zero-order chi connectivity index (χ0) is 29.5. The van der Waals surface area contributed by atoms with Crippen LogP contribution < -0.4 is 0 Å². The molecule has 1 aliphatic carbocycles. The number of aliphatic hydroxyl groups excluding tert-OH is 1. The number of hydrogen-bond donors (Lipinski definition) is 2. The number of aromatic hydroxyl groups is 1. The van der Waals surface area contributed by atoms with Crippen LogP contribution in [0.4, 0.5) is 22.0 Å². The van der Waals surface area contributed by atoms with Gasteiger partial charge in [0.2, 0.25) is 0 Å². The zero-order valence-electron chi connectivity index (χ0n) is 23.0. The highest BCUT2D eigenvalue weighted by molar-refractivity contribution is 7.86. The summed E-state index contributed by atoms with van der Waals surface area (Å²) in [5, 5.41) is 15.4. The molecule has 1 aliphatic rings. The second kappa shape index (κ2) is 14.1. The van der Waals surface area contributed by atoms with E-state index in [2.05, 4.69) is 6.08 Å². The molecule has 222 valence electrons. The standard InChI is InChI=1S/C31H39F5O3S/c1-3-8-24(37)17-18-28(40(39)31(35,36)20-7-19-30(32,33)34)29(23-13-15-25(38)16-14-23)21(2)26-12-6-10-22-9-4-5-11-27(22)26/h4-5,9,11-16,21,24,28-29,37-38H,3,6-8,10,17-20H2,1-2H3. The summed E-state index contributed by atoms with van der Waals surface area (Å²) in [7, 11) is -2.84. The Labute approximate surface area is 236 Å². The molecule has 0 heterocycles. The van der Waals surface area contributed by atoms with Gasteiger partial charge in [-0.05, 0) is 78.8 Å². The highest BCUT2D eigenvalue weighted by Gasteiger charge is 2.46. The van der Waals surface area contributed by atoms with Gasteiger partial charge in [0.05, 0.1) is 16.9 Å². The van der Waals surface area contributed by atoms with Gasteiger partial charge in [-0.1, -0.05) is 62.7 Å². The van der Waals surface area contributed by atoms with Gasteiger partial charge < -0.3 is 10.2 Å². The Morgan fingerprint density at radius 2 is 1.62 bits per heavy atom. The number of fused-ring (bicyclic) bond motifs is 1. The molecule has 5 unspecified atom stereocenters. The molecule has 0 fully saturated rings. The molecule has 2 aromatic rings. The molecule has 0 aliphatic heterocycles. The van der Waals surface area contributed by atoms with Gasteiger partial charge in [-0.15, -0.1) is 0 Å². The van der Waals surface area contributed by atoms with E-state index in [-0.39, 0.29) is 24.5 Å². The molecule has 0 saturated heterocycles. The number of rotatable bonds is 14. The Balaban J connectivity index is 2.05. The van der Waals surface area contributed by atoms with Gasteiger partial charge in [0, 0.05) is 24.0 Å². The Morgan fingerprint density at radius 3 is 2.27 bits per heavy atom. The molecule has 5 atom stereocenters. The molecule has 0 radical (unpaired) electrons. The quantitative estimate of drug-likeness (QED) is 0.218. The van der Waals surface area contributed by atoms with Crippen LogP contribution in [-0.2, 0) is 17.2 Å². The molecule has 2 aromatic carbocycles. The average molecular weight is 587 g/mol. The van der Waals surface area contributed by atoms with Crippen LogP contribution in [0.3, 0.4) is 0 Å². The van der Waals surface area contributed by atoms with E-state index < -0.39 is 58.8 Å². The van der Waals surface area contributed by atoms with Crippen molar-refractivity contribution in [1.29, 1.82) is 0 Å². The van der Waals surface area contributed by atoms with Crippen molar-refractivity contribution < 1.29 is 36.4 Å². The van der Waals surface area contributed by atoms with Crippen LogP contribution in [0, 0.1) is 5.92 Å². The first kappa shape index (κ1) is 32.3. The lowest BCUT2D eigenvalue weighted by molar-refractivity contribution is -0.137. The Kier molecular flexibility index (Phi) is 11.4. The van der Waals surface area contributed by atoms with Crippen LogP contribution >= 0.6 is 0 Å². The minimum atomic E-state index is -4.58. The summed E-state index contributed by atoms with van der Waals surface area (Å²) < 4.78 is 82.7. The molecule has 3 nitrogen and oxygen atoms in total. The van der Waals surface area contributed by atoms with Crippen LogP contribution in [0.1, 0.15) is 87.8 Å². The molecule has 40 heavy (non-hydrogen) atoms. The van der Waals surface area contributed by atoms with Gasteiger partial charge >= 0.3 is 11.4 Å². The SMILES string of the molecule is CCCC(O)CCC(C(c1ccc(O)cc1)C(C)C1=CCCc2ccccc21)S(=O)C(F)(F)CCCC(F)(F)F. The van der Waals surface area contributed by atoms with Crippen LogP contribution in [0.25, 0.3) is 5.57 Å². The minimum absolute atomic E-state index is 0.00739. The summed E-state index contributed by atoms with van der Waals surface area (Å²) in [4.78, 5) is 0. The van der Waals surface area contributed by atoms with Crippen molar-refractivity contribution in [2.45, 2.75) is 100 Å². The molecule has 0 spiro atoms. The lowest BCUT2D eigenvalue weighted by Gasteiger charge is -2.37. The highest BCUT2D eigenvalue weighted by Crippen LogP contribution is 2.46. The number of hydrogen-bond acceptors (Lipinski definition) is 3. The topological polar surface area (TPSA) is 57.5 Å². The van der Waals surface area contributed by atoms with Crippen LogP contribution in [0.5, 0.6) is 5.75 Å². The third kappa shape index (κ3) is 8.62. The first-order chi connectivity index (χ1) is 18.8. The van der Waals surface area contributed by atoms with Gasteiger partial charge in [-0.3, -0.25) is 4.21 Å². The summed E-state index contributed by atoms with van der Waals surface area (Å²) >= 11 is 0. The van der Waals surface area contributed by atoms with E-state index in [1.165, 1.54) is 12.1 Å². The number of halogens is 5. The Bertz CT molecular complexity index is 1150. The van der Waals surface area contributed by atoms with Crippen molar-refractivity contribution in [2.24, 2.45) is 5.92 Å². The maximum absolute atomic E-state index is 15.4. The number of aliphatic hydroxyl groups is 1. The third-order valence-corrected chi connectivity index (χ3v) is 9.59. The Hall–Kier alpha value is -2.26. The second-order valence-corrected chi connectivity index (χ2v) is 12.5. The Morgan fingerprint density at radius 1 is 0.950 bits per heavy atom. The normalized spacial score (nSPS) is 17.9. The summed E-state index contributed by atoms with van der Waals surface area (Å²) in [5.74, 6) is -1.10. The van der Waals surface area contributed by atoms with Gasteiger partial charge in [-0.2, -0.15) is 22.0 Å². The van der Waals surface area contributed by atoms with Crippen molar-refractivity contribution in [3.8, 4) is 5.75 Å². The van der Waals surface area contributed by atoms with E-state index in [1.54, 1.807) is 12.1 Å². The van der Waals surface area contributed by atoms with E-state index >= 15 is 8.78 Å². The summed E-state index contributed by atoms with van der Waals surface area (Å²) in [6.45, 7) is 3.79. The summed E-state index contributed by atoms with van der Waals surface area (Å²) in [6.07, 6.45) is -3.73. The van der Waals surface area contributed by atoms with Crippen LogP contribution in [0.2, 0.25) is 0 Å². The smallest absolute Gasteiger partial charge is 0.389 e. The van der Waals surface area contributed by atoms with Crippen molar-refractivity contribution in [3.63, 3.8) is 0 Å². The van der Waals surface area contributed by atoms with Crippen LogP contribution in [-0.4, -0.2) is 37.2 Å². The van der Waals surface area contributed by atoms with Gasteiger partial charge in [0.1, 0.15) is 5.75 Å². The van der Waals surface area contributed by atoms with Crippen molar-refractivity contribution in [2.75, 3.05) is 0 Å². The molecule has 0 saturated carbocycles. The first-order valence-corrected chi connectivity index (χ1v) is 15.2. The van der Waals surface area contributed by atoms with Gasteiger partial charge in [-0.25, -0.2) is 0 Å². The number of benzene rings is 2. The fourth-order valence-corrected chi connectivity index (χ4v) is 7.53. The minimum Gasteiger partial charge on any atom is -0.508 e. The van der Waals surface area contributed by atoms with E-state index in [0.29, 0.717) is 18.4 Å². The number of alkyl halides is 5. The molecule has 2 N–H and O–H groups in total. The average Bonchev–Trinajstić information content (AvgIpc) is 2.90. The molecule has 0 amide bonds. The predicted molar refractivity (Wildman–Crippen MR) is 150 cm³/mol. The van der Waals surface area contributed by atoms with Crippen molar-refractivity contribution >= 4 is 16.4 Å². The number of phenols is 1. The summed E-state index contributed by atoms with van der Waals surface area (Å²) in [5.41, 5.74) is 3.67. The number of phenolic OH excluding ortho intramolecular Hbond substituents is 1. The van der Waals surface area contributed by atoms with Gasteiger partial charge in [0.25, 0.3) is 0 Å². The fraction of sp³-hybridized carbons (Fsp3) is 0.548. The van der Waals surface area contributed by atoms with E-state index in [4.69, 9.17) is 0 Å². The van der Waals surface area contributed by atoms with Crippen molar-refractivity contribution in [1.82, 2.24) is 0 Å². The molecular formula is C31H39F5O3S. The monoisotopic (exact) mass is 586 g/mol. The molecular weight excluding hydrogens is 547 g/mol. The molecule has 9 heteroatoms. The highest BCUT2D eigenvalue weighted by atomic mass is 32.2. The van der Waals surface area contributed by atoms with E-state index in [0.717, 1.165) is 29.5 Å². The third-order valence-electron chi connectivity index (χ3n) is 7.72. The number of aryl methyl sites for hydroxylation is 1. The maximum atomic E-state index is 15.4. The molecule has 0 bridgehead atoms. The summed E-state index contributed by atoms with van der Waals surface area (Å²) in [6, 6.07) is 14.0. The second-order valence-electron chi connectivity index (χ2n) is 10.7. The largest absolute Gasteiger partial charge is 0.508 e. The van der Waals surface area contributed by atoms with E-state index in [1.807, 2.05) is 38.1 Å². The zero-order valence-corrected chi connectivity index (χ0v) is 23.8. The first-order valence-electron chi connectivity index (χ1n) is 13.9. The van der Waals surface area contributed by atoms with Gasteiger partial charge in [0.15, 0.2) is 0 Å². The van der Waals surface area contributed by atoms with Crippen LogP contribution in [0.15, 0.2) is 54.6 Å². The number of allylic oxidation sites excluding steroid dienone is 2. The lowest BCUT2D eigenvalue weighted by Crippen LogP contribution is -2.39. The molecule has 3 rings (SSSR count).